The van der Waals surface area contributed by atoms with Crippen LogP contribution >= 0.6 is 19.2 Å². The monoisotopic (exact) mass is 391 g/mol. The molecule has 1 aromatic carbocycles. The summed E-state index contributed by atoms with van der Waals surface area (Å²) in [5.41, 5.74) is -0.443. The summed E-state index contributed by atoms with van der Waals surface area (Å²) < 4.78 is 29.8. The van der Waals surface area contributed by atoms with E-state index >= 15 is 0 Å². The number of halogens is 1. The zero-order chi connectivity index (χ0) is 19.4. The summed E-state index contributed by atoms with van der Waals surface area (Å²) in [6, 6.07) is 4.58. The Balaban J connectivity index is 3.28. The van der Waals surface area contributed by atoms with Crippen molar-refractivity contribution in [2.45, 2.75) is 66.3 Å². The Bertz CT molecular complexity index is 641. The van der Waals surface area contributed by atoms with Crippen LogP contribution in [-0.4, -0.2) is 23.9 Å². The summed E-state index contributed by atoms with van der Waals surface area (Å²) in [5.74, 6) is 0. The molecule has 0 unspecified atom stereocenters. The van der Waals surface area contributed by atoms with Gasteiger partial charge in [-0.25, -0.2) is 4.79 Å². The molecule has 0 aliphatic rings. The topological polar surface area (TPSA) is 73.9 Å². The van der Waals surface area contributed by atoms with Gasteiger partial charge in [0.15, 0.2) is 0 Å². The Kier molecular flexibility index (Phi) is 7.51. The van der Waals surface area contributed by atoms with Gasteiger partial charge in [0.2, 0.25) is 0 Å². The Morgan fingerprint density at radius 2 is 1.64 bits per heavy atom. The van der Waals surface area contributed by atoms with Crippen molar-refractivity contribution in [1.82, 2.24) is 0 Å². The van der Waals surface area contributed by atoms with Crippen molar-refractivity contribution in [2.24, 2.45) is 0 Å². The first-order chi connectivity index (χ1) is 11.3. The average molecular weight is 392 g/mol. The van der Waals surface area contributed by atoms with E-state index in [1.807, 2.05) is 0 Å². The van der Waals surface area contributed by atoms with Gasteiger partial charge in [0.05, 0.1) is 23.2 Å². The molecule has 1 aromatic rings. The molecule has 0 heterocycles. The van der Waals surface area contributed by atoms with Crippen molar-refractivity contribution in [1.29, 1.82) is 0 Å². The Morgan fingerprint density at radius 3 is 2.08 bits per heavy atom. The quantitative estimate of drug-likeness (QED) is 0.661. The minimum absolute atomic E-state index is 0.227. The maximum atomic E-state index is 13.4. The molecule has 1 rings (SSSR count). The van der Waals surface area contributed by atoms with E-state index in [4.69, 9.17) is 25.4 Å². The molecule has 0 aliphatic carbocycles. The molecule has 6 nitrogen and oxygen atoms in total. The van der Waals surface area contributed by atoms with Gasteiger partial charge in [-0.1, -0.05) is 11.6 Å². The number of carbonyl (C=O) groups excluding carboxylic acids is 1. The highest BCUT2D eigenvalue weighted by Crippen LogP contribution is 2.51. The molecule has 0 saturated heterocycles. The van der Waals surface area contributed by atoms with Crippen molar-refractivity contribution in [3.8, 4) is 0 Å². The van der Waals surface area contributed by atoms with Crippen molar-refractivity contribution >= 4 is 36.3 Å². The first-order valence-corrected chi connectivity index (χ1v) is 10.0. The van der Waals surface area contributed by atoms with Gasteiger partial charge in [-0.05, 0) is 66.7 Å². The smallest absolute Gasteiger partial charge is 0.412 e. The minimum Gasteiger partial charge on any atom is -0.444 e. The largest absolute Gasteiger partial charge is 0.444 e. The summed E-state index contributed by atoms with van der Waals surface area (Å²) in [7, 11) is -3.68. The van der Waals surface area contributed by atoms with Gasteiger partial charge in [-0.2, -0.15) is 0 Å². The normalized spacial score (nSPS) is 12.6. The number of amides is 1. The minimum atomic E-state index is -3.68. The van der Waals surface area contributed by atoms with Gasteiger partial charge in [-0.3, -0.25) is 9.88 Å². The van der Waals surface area contributed by atoms with Gasteiger partial charge in [-0.15, -0.1) is 0 Å². The molecule has 0 radical (unpaired) electrons. The molecule has 142 valence electrons. The number of hydrogen-bond donors (Lipinski definition) is 1. The third-order valence-electron chi connectivity index (χ3n) is 2.59. The molecule has 0 aliphatic heterocycles. The molecule has 0 saturated carbocycles. The second-order valence-electron chi connectivity index (χ2n) is 7.09. The molecule has 0 spiro atoms. The van der Waals surface area contributed by atoms with Crippen LogP contribution in [0.4, 0.5) is 10.5 Å². The molecule has 0 aromatic heterocycles. The Hall–Kier alpha value is -1.07. The first kappa shape index (κ1) is 22.0. The number of ether oxygens (including phenoxy) is 1. The zero-order valence-electron chi connectivity index (χ0n) is 15.8. The van der Waals surface area contributed by atoms with Crippen molar-refractivity contribution < 1.29 is 23.1 Å². The van der Waals surface area contributed by atoms with Crippen LogP contribution in [-0.2, 0) is 18.3 Å². The predicted molar refractivity (Wildman–Crippen MR) is 101 cm³/mol. The first-order valence-electron chi connectivity index (χ1n) is 8.09. The summed E-state index contributed by atoms with van der Waals surface area (Å²) in [5, 5.41) is 3.18. The Labute approximate surface area is 154 Å². The van der Waals surface area contributed by atoms with Crippen LogP contribution in [0.15, 0.2) is 18.2 Å². The molecule has 0 bridgehead atoms. The van der Waals surface area contributed by atoms with Gasteiger partial charge < -0.3 is 13.8 Å². The van der Waals surface area contributed by atoms with Crippen LogP contribution in [0.5, 0.6) is 0 Å². The van der Waals surface area contributed by atoms with Gasteiger partial charge in [0.25, 0.3) is 0 Å². The van der Waals surface area contributed by atoms with Crippen LogP contribution in [0.25, 0.3) is 0 Å². The van der Waals surface area contributed by atoms with E-state index in [2.05, 4.69) is 5.32 Å². The van der Waals surface area contributed by atoms with E-state index in [0.29, 0.717) is 5.02 Å². The number of benzene rings is 1. The number of hydrogen-bond acceptors (Lipinski definition) is 5. The summed E-state index contributed by atoms with van der Waals surface area (Å²) >= 11 is 6.03. The number of nitrogens with one attached hydrogen (secondary N) is 1. The van der Waals surface area contributed by atoms with E-state index in [1.54, 1.807) is 54.5 Å². The lowest BCUT2D eigenvalue weighted by atomic mass is 10.2. The fourth-order valence-electron chi connectivity index (χ4n) is 1.95. The lowest BCUT2D eigenvalue weighted by molar-refractivity contribution is 0.0636. The van der Waals surface area contributed by atoms with E-state index in [-0.39, 0.29) is 23.2 Å². The number of anilines is 1. The van der Waals surface area contributed by atoms with E-state index in [9.17, 15) is 9.36 Å². The highest BCUT2D eigenvalue weighted by atomic mass is 35.5. The van der Waals surface area contributed by atoms with Crippen molar-refractivity contribution in [3.05, 3.63) is 23.2 Å². The van der Waals surface area contributed by atoms with Crippen LogP contribution in [0.2, 0.25) is 5.02 Å². The SMILES string of the molecule is CC(C)OP(=O)(OC(C)C)c1ccc(Cl)cc1NC(=O)OC(C)(C)C. The van der Waals surface area contributed by atoms with Crippen molar-refractivity contribution in [2.75, 3.05) is 5.32 Å². The van der Waals surface area contributed by atoms with Crippen LogP contribution in [0.3, 0.4) is 0 Å². The second kappa shape index (κ2) is 8.54. The second-order valence-corrected chi connectivity index (χ2v) is 9.43. The Morgan fingerprint density at radius 1 is 1.12 bits per heavy atom. The molecule has 1 N–H and O–H groups in total. The predicted octanol–water partition coefficient (Wildman–Crippen LogP) is 5.36. The standard InChI is InChI=1S/C17H27ClNO5P/c1-11(2)23-25(21,24-12(3)4)15-9-8-13(18)10-14(15)19-16(20)22-17(5,6)7/h8-12H,1-7H3,(H,19,20). The van der Waals surface area contributed by atoms with Crippen LogP contribution < -0.4 is 10.6 Å². The third kappa shape index (κ3) is 7.37. The van der Waals surface area contributed by atoms with E-state index in [0.717, 1.165) is 0 Å². The van der Waals surface area contributed by atoms with Crippen LogP contribution in [0, 0.1) is 0 Å². The van der Waals surface area contributed by atoms with Gasteiger partial charge in [0.1, 0.15) is 5.60 Å². The summed E-state index contributed by atoms with van der Waals surface area (Å²) in [4.78, 5) is 12.1. The molecular formula is C17H27ClNO5P. The summed E-state index contributed by atoms with van der Waals surface area (Å²) in [6.45, 7) is 12.3. The third-order valence-corrected chi connectivity index (χ3v) is 5.20. The lowest BCUT2D eigenvalue weighted by Gasteiger charge is -2.25. The maximum Gasteiger partial charge on any atom is 0.412 e. The number of carbonyl (C=O) groups is 1. The molecule has 0 fully saturated rings. The molecule has 0 atom stereocenters. The zero-order valence-corrected chi connectivity index (χ0v) is 17.4. The highest BCUT2D eigenvalue weighted by Gasteiger charge is 2.34. The summed E-state index contributed by atoms with van der Waals surface area (Å²) in [6.07, 6.45) is -1.36. The lowest BCUT2D eigenvalue weighted by Crippen LogP contribution is -2.29. The van der Waals surface area contributed by atoms with E-state index in [1.165, 1.54) is 12.1 Å². The maximum absolute atomic E-state index is 13.4. The fraction of sp³-hybridized carbons (Fsp3) is 0.588. The van der Waals surface area contributed by atoms with Gasteiger partial charge in [0, 0.05) is 5.02 Å². The average Bonchev–Trinajstić information content (AvgIpc) is 2.33. The van der Waals surface area contributed by atoms with Gasteiger partial charge >= 0.3 is 13.7 Å². The fourth-order valence-corrected chi connectivity index (χ4v) is 4.19. The van der Waals surface area contributed by atoms with Crippen LogP contribution in [0.1, 0.15) is 48.5 Å². The molecule has 25 heavy (non-hydrogen) atoms. The number of rotatable bonds is 6. The molecule has 1 amide bonds. The van der Waals surface area contributed by atoms with E-state index < -0.39 is 19.3 Å². The molecule has 8 heteroatoms. The molecular weight excluding hydrogens is 365 g/mol. The van der Waals surface area contributed by atoms with Crippen molar-refractivity contribution in [3.63, 3.8) is 0 Å². The highest BCUT2D eigenvalue weighted by molar-refractivity contribution is 7.62.